The molecule has 0 radical (unpaired) electrons. The molecule has 0 aromatic heterocycles. The Labute approximate surface area is 53.3 Å². The zero-order valence-corrected chi connectivity index (χ0v) is 6.42. The summed E-state index contributed by atoms with van der Waals surface area (Å²) in [6.07, 6.45) is 5.01. The van der Waals surface area contributed by atoms with Gasteiger partial charge in [-0.25, -0.2) is 0 Å². The average molecular weight is 132 g/mol. The normalized spacial score (nSPS) is 10.8. The zero-order chi connectivity index (χ0) is 6.24. The highest BCUT2D eigenvalue weighted by molar-refractivity contribution is 7.16. The first-order valence-corrected chi connectivity index (χ1v) is 3.62. The molecule has 0 spiro atoms. The fraction of sp³-hybridized carbons (Fsp3) is 0.667. The van der Waals surface area contributed by atoms with E-state index in [2.05, 4.69) is 9.24 Å². The van der Waals surface area contributed by atoms with Crippen molar-refractivity contribution in [1.82, 2.24) is 0 Å². The molecule has 1 nitrogen and oxygen atoms in total. The van der Waals surface area contributed by atoms with Gasteiger partial charge in [-0.3, -0.25) is 0 Å². The van der Waals surface area contributed by atoms with Gasteiger partial charge in [0, 0.05) is 0 Å². The first-order chi connectivity index (χ1) is 3.91. The molecule has 1 atom stereocenters. The van der Waals surface area contributed by atoms with Crippen LogP contribution >= 0.6 is 9.24 Å². The number of ether oxygens (including phenoxy) is 1. The second kappa shape index (κ2) is 7.13. The first kappa shape index (κ1) is 8.13. The van der Waals surface area contributed by atoms with Crippen LogP contribution in [-0.2, 0) is 4.74 Å². The van der Waals surface area contributed by atoms with Crippen LogP contribution in [-0.4, -0.2) is 19.4 Å². The van der Waals surface area contributed by atoms with Crippen molar-refractivity contribution in [2.24, 2.45) is 0 Å². The van der Waals surface area contributed by atoms with Crippen LogP contribution in [0.5, 0.6) is 0 Å². The molecule has 1 unspecified atom stereocenters. The summed E-state index contributed by atoms with van der Waals surface area (Å²) in [5.74, 6) is 0. The fourth-order valence-corrected chi connectivity index (χ4v) is 0.498. The molecule has 8 heavy (non-hydrogen) atoms. The molecular formula is C6H13OP. The molecule has 0 saturated carbocycles. The molecule has 0 rings (SSSR count). The summed E-state index contributed by atoms with van der Waals surface area (Å²) in [5.41, 5.74) is 0. The van der Waals surface area contributed by atoms with Gasteiger partial charge in [0.1, 0.15) is 0 Å². The molecule has 0 aromatic rings. The Morgan fingerprint density at radius 3 is 2.88 bits per heavy atom. The Hall–Kier alpha value is 0.130. The van der Waals surface area contributed by atoms with Crippen LogP contribution in [0.15, 0.2) is 12.2 Å². The number of hydrogen-bond acceptors (Lipinski definition) is 1. The largest absolute Gasteiger partial charge is 0.377 e. The van der Waals surface area contributed by atoms with Gasteiger partial charge in [0.2, 0.25) is 0 Å². The molecule has 0 heterocycles. The molecule has 48 valence electrons. The molecule has 2 heteroatoms. The SMILES string of the molecule is CC=CCOCCP. The minimum atomic E-state index is 0.755. The van der Waals surface area contributed by atoms with Crippen molar-refractivity contribution in [3.63, 3.8) is 0 Å². The lowest BCUT2D eigenvalue weighted by molar-refractivity contribution is 0.180. The minimum Gasteiger partial charge on any atom is -0.377 e. The maximum absolute atomic E-state index is 5.12. The smallest absolute Gasteiger partial charge is 0.0647 e. The summed E-state index contributed by atoms with van der Waals surface area (Å²) in [6, 6.07) is 0. The summed E-state index contributed by atoms with van der Waals surface area (Å²) >= 11 is 0. The predicted octanol–water partition coefficient (Wildman–Crippen LogP) is 1.45. The van der Waals surface area contributed by atoms with Gasteiger partial charge in [-0.2, -0.15) is 0 Å². The number of hydrogen-bond donors (Lipinski definition) is 0. The van der Waals surface area contributed by atoms with Crippen molar-refractivity contribution in [2.45, 2.75) is 6.92 Å². The van der Waals surface area contributed by atoms with E-state index in [0.29, 0.717) is 0 Å². The second-order valence-electron chi connectivity index (χ2n) is 1.43. The second-order valence-corrected chi connectivity index (χ2v) is 2.01. The van der Waals surface area contributed by atoms with E-state index in [1.165, 1.54) is 0 Å². The van der Waals surface area contributed by atoms with E-state index in [0.717, 1.165) is 19.4 Å². The van der Waals surface area contributed by atoms with E-state index < -0.39 is 0 Å². The van der Waals surface area contributed by atoms with Gasteiger partial charge in [-0.05, 0) is 13.1 Å². The van der Waals surface area contributed by atoms with E-state index >= 15 is 0 Å². The quantitative estimate of drug-likeness (QED) is 0.319. The maximum atomic E-state index is 5.12. The van der Waals surface area contributed by atoms with Crippen LogP contribution in [0.2, 0.25) is 0 Å². The Morgan fingerprint density at radius 2 is 2.38 bits per heavy atom. The van der Waals surface area contributed by atoms with Gasteiger partial charge in [0.25, 0.3) is 0 Å². The Balaban J connectivity index is 2.72. The van der Waals surface area contributed by atoms with Crippen LogP contribution in [0.25, 0.3) is 0 Å². The molecule has 0 amide bonds. The van der Waals surface area contributed by atoms with Gasteiger partial charge >= 0.3 is 0 Å². The molecule has 0 aliphatic carbocycles. The van der Waals surface area contributed by atoms with Gasteiger partial charge in [0.05, 0.1) is 13.2 Å². The summed E-state index contributed by atoms with van der Waals surface area (Å²) < 4.78 is 5.12. The summed E-state index contributed by atoms with van der Waals surface area (Å²) in [5, 5.41) is 0. The van der Waals surface area contributed by atoms with Crippen LogP contribution in [0.4, 0.5) is 0 Å². The highest BCUT2D eigenvalue weighted by Crippen LogP contribution is 1.82. The molecule has 0 aliphatic rings. The van der Waals surface area contributed by atoms with Gasteiger partial charge in [0.15, 0.2) is 0 Å². The molecule has 0 fully saturated rings. The first-order valence-electron chi connectivity index (χ1n) is 2.80. The van der Waals surface area contributed by atoms with Gasteiger partial charge in [-0.1, -0.05) is 12.2 Å². The van der Waals surface area contributed by atoms with Crippen molar-refractivity contribution in [2.75, 3.05) is 19.4 Å². The summed E-state index contributed by atoms with van der Waals surface area (Å²) in [4.78, 5) is 0. The van der Waals surface area contributed by atoms with Crippen LogP contribution in [0, 0.1) is 0 Å². The number of allylic oxidation sites excluding steroid dienone is 1. The molecule has 0 saturated heterocycles. The lowest BCUT2D eigenvalue weighted by Gasteiger charge is -1.93. The van der Waals surface area contributed by atoms with Crippen LogP contribution < -0.4 is 0 Å². The molecule has 0 bridgehead atoms. The van der Waals surface area contributed by atoms with Crippen molar-refractivity contribution >= 4 is 9.24 Å². The van der Waals surface area contributed by atoms with Crippen molar-refractivity contribution in [3.8, 4) is 0 Å². The third-order valence-electron chi connectivity index (χ3n) is 0.712. The number of rotatable bonds is 4. The van der Waals surface area contributed by atoms with E-state index in [1.807, 2.05) is 19.1 Å². The van der Waals surface area contributed by atoms with E-state index in [4.69, 9.17) is 4.74 Å². The molecule has 0 N–H and O–H groups in total. The maximum Gasteiger partial charge on any atom is 0.0647 e. The predicted molar refractivity (Wildman–Crippen MR) is 40.2 cm³/mol. The Morgan fingerprint density at radius 1 is 1.62 bits per heavy atom. The molecule has 0 aromatic carbocycles. The minimum absolute atomic E-state index is 0.755. The van der Waals surface area contributed by atoms with Crippen molar-refractivity contribution < 1.29 is 4.74 Å². The summed E-state index contributed by atoms with van der Waals surface area (Å²) in [7, 11) is 2.62. The lowest BCUT2D eigenvalue weighted by atomic mass is 10.5. The monoisotopic (exact) mass is 132 g/mol. The Bertz CT molecular complexity index is 61.5. The average Bonchev–Trinajstić information content (AvgIpc) is 1.81. The van der Waals surface area contributed by atoms with E-state index in [1.54, 1.807) is 0 Å². The molecular weight excluding hydrogens is 119 g/mol. The van der Waals surface area contributed by atoms with Crippen LogP contribution in [0.3, 0.4) is 0 Å². The third kappa shape index (κ3) is 6.13. The van der Waals surface area contributed by atoms with Crippen molar-refractivity contribution in [1.29, 1.82) is 0 Å². The fourth-order valence-electron chi connectivity index (χ4n) is 0.331. The van der Waals surface area contributed by atoms with Crippen molar-refractivity contribution in [3.05, 3.63) is 12.2 Å². The van der Waals surface area contributed by atoms with Gasteiger partial charge < -0.3 is 4.74 Å². The topological polar surface area (TPSA) is 9.23 Å². The summed E-state index contributed by atoms with van der Waals surface area (Å²) in [6.45, 7) is 3.59. The lowest BCUT2D eigenvalue weighted by Crippen LogP contribution is -1.93. The Kier molecular flexibility index (Phi) is 7.25. The standard InChI is InChI=1S/C6H13OP/c1-2-3-4-7-5-6-8/h2-3H,4-6,8H2,1H3. The third-order valence-corrected chi connectivity index (χ3v) is 0.948. The highest BCUT2D eigenvalue weighted by Gasteiger charge is 1.76. The highest BCUT2D eigenvalue weighted by atomic mass is 31.0. The van der Waals surface area contributed by atoms with E-state index in [-0.39, 0.29) is 0 Å². The van der Waals surface area contributed by atoms with E-state index in [9.17, 15) is 0 Å². The van der Waals surface area contributed by atoms with Crippen LogP contribution in [0.1, 0.15) is 6.92 Å². The molecule has 0 aliphatic heterocycles. The zero-order valence-electron chi connectivity index (χ0n) is 5.26. The van der Waals surface area contributed by atoms with Gasteiger partial charge in [-0.15, -0.1) is 9.24 Å².